The number of pyridine rings is 1. The molecule has 0 aromatic carbocycles. The number of nitrogens with one attached hydrogen (secondary N) is 2. The van der Waals surface area contributed by atoms with Crippen LogP contribution >= 0.6 is 0 Å². The molecule has 2 aliphatic rings. The van der Waals surface area contributed by atoms with Gasteiger partial charge in [-0.3, -0.25) is 15.1 Å². The number of fused-ring (bicyclic) bond motifs is 1. The van der Waals surface area contributed by atoms with Gasteiger partial charge in [-0.1, -0.05) is 0 Å². The summed E-state index contributed by atoms with van der Waals surface area (Å²) in [7, 11) is 0. The van der Waals surface area contributed by atoms with Gasteiger partial charge in [0.25, 0.3) is 5.91 Å². The van der Waals surface area contributed by atoms with E-state index >= 15 is 0 Å². The fraction of sp³-hybridized carbons (Fsp3) is 0.273. The zero-order chi connectivity index (χ0) is 12.9. The number of amides is 3. The maximum atomic E-state index is 11.8. The minimum atomic E-state index is -1.06. The molecule has 7 heteroatoms. The second kappa shape index (κ2) is 3.28. The van der Waals surface area contributed by atoms with Gasteiger partial charge in [-0.15, -0.1) is 0 Å². The molecule has 1 aromatic heterocycles. The molecule has 3 N–H and O–H groups in total. The standard InChI is InChI=1S/C11H9N3O4/c15-8(16)6-1-5-2-11(3-7(5)12-4-6)9(17)13-10(18)14-11/h1,4H,2-3H2,(H,15,16)(H2,13,14,17,18). The van der Waals surface area contributed by atoms with E-state index in [9.17, 15) is 14.4 Å². The molecule has 1 saturated heterocycles. The number of aromatic nitrogens is 1. The van der Waals surface area contributed by atoms with Gasteiger partial charge in [-0.05, 0) is 11.6 Å². The van der Waals surface area contributed by atoms with Crippen LogP contribution in [0.5, 0.6) is 0 Å². The van der Waals surface area contributed by atoms with Crippen LogP contribution in [0.3, 0.4) is 0 Å². The Balaban J connectivity index is 1.98. The summed E-state index contributed by atoms with van der Waals surface area (Å²) in [6.45, 7) is 0. The number of urea groups is 1. The molecule has 1 aliphatic carbocycles. The van der Waals surface area contributed by atoms with E-state index in [1.807, 2.05) is 0 Å². The van der Waals surface area contributed by atoms with Crippen molar-refractivity contribution in [3.8, 4) is 0 Å². The Labute approximate surface area is 101 Å². The first kappa shape index (κ1) is 10.7. The quantitative estimate of drug-likeness (QED) is 0.577. The second-order valence-electron chi connectivity index (χ2n) is 4.48. The summed E-state index contributed by atoms with van der Waals surface area (Å²) >= 11 is 0. The monoisotopic (exact) mass is 247 g/mol. The van der Waals surface area contributed by atoms with E-state index < -0.39 is 17.5 Å². The lowest BCUT2D eigenvalue weighted by Crippen LogP contribution is -2.47. The molecule has 3 rings (SSSR count). The van der Waals surface area contributed by atoms with Crippen LogP contribution in [0, 0.1) is 0 Å². The highest BCUT2D eigenvalue weighted by Crippen LogP contribution is 2.31. The highest BCUT2D eigenvalue weighted by atomic mass is 16.4. The molecule has 1 fully saturated rings. The lowest BCUT2D eigenvalue weighted by atomic mass is 9.96. The van der Waals surface area contributed by atoms with Gasteiger partial charge >= 0.3 is 12.0 Å². The van der Waals surface area contributed by atoms with Gasteiger partial charge in [0.05, 0.1) is 5.56 Å². The third kappa shape index (κ3) is 1.37. The Morgan fingerprint density at radius 1 is 1.39 bits per heavy atom. The average Bonchev–Trinajstić information content (AvgIpc) is 2.78. The summed E-state index contributed by atoms with van der Waals surface area (Å²) in [5, 5.41) is 13.7. The Bertz CT molecular complexity index is 598. The van der Waals surface area contributed by atoms with Gasteiger partial charge in [0, 0.05) is 24.7 Å². The summed E-state index contributed by atoms with van der Waals surface area (Å²) < 4.78 is 0. The van der Waals surface area contributed by atoms with Crippen LogP contribution in [0.25, 0.3) is 0 Å². The smallest absolute Gasteiger partial charge is 0.337 e. The van der Waals surface area contributed by atoms with Crippen LogP contribution in [0.4, 0.5) is 4.79 Å². The number of aromatic carboxylic acids is 1. The number of nitrogens with zero attached hydrogens (tertiary/aromatic N) is 1. The highest BCUT2D eigenvalue weighted by molar-refractivity contribution is 6.07. The van der Waals surface area contributed by atoms with Gasteiger partial charge in [-0.25, -0.2) is 9.59 Å². The molecule has 1 aromatic rings. The zero-order valence-electron chi connectivity index (χ0n) is 9.19. The maximum Gasteiger partial charge on any atom is 0.337 e. The predicted octanol–water partition coefficient (Wildman–Crippen LogP) is -0.543. The third-order valence-electron chi connectivity index (χ3n) is 3.28. The van der Waals surface area contributed by atoms with Crippen LogP contribution < -0.4 is 10.6 Å². The summed E-state index contributed by atoms with van der Waals surface area (Å²) in [6.07, 6.45) is 1.82. The molecule has 1 unspecified atom stereocenters. The molecule has 0 bridgehead atoms. The van der Waals surface area contributed by atoms with Crippen molar-refractivity contribution in [2.24, 2.45) is 0 Å². The molecular weight excluding hydrogens is 238 g/mol. The van der Waals surface area contributed by atoms with Crippen molar-refractivity contribution in [1.29, 1.82) is 0 Å². The molecule has 92 valence electrons. The SMILES string of the molecule is O=C1NC(=O)C2(Cc3cc(C(=O)O)cnc3C2)N1. The Morgan fingerprint density at radius 2 is 2.17 bits per heavy atom. The van der Waals surface area contributed by atoms with Crippen molar-refractivity contribution in [1.82, 2.24) is 15.6 Å². The van der Waals surface area contributed by atoms with Crippen LogP contribution in [0.15, 0.2) is 12.3 Å². The van der Waals surface area contributed by atoms with Gasteiger partial charge in [0.1, 0.15) is 5.54 Å². The minimum absolute atomic E-state index is 0.0792. The number of carbonyl (C=O) groups excluding carboxylic acids is 2. The molecule has 1 aliphatic heterocycles. The Morgan fingerprint density at radius 3 is 2.78 bits per heavy atom. The molecule has 7 nitrogen and oxygen atoms in total. The summed E-state index contributed by atoms with van der Waals surface area (Å²) in [6, 6.07) is 0.975. The maximum absolute atomic E-state index is 11.8. The Hall–Kier alpha value is -2.44. The summed E-state index contributed by atoms with van der Waals surface area (Å²) in [4.78, 5) is 37.8. The second-order valence-corrected chi connectivity index (χ2v) is 4.48. The lowest BCUT2D eigenvalue weighted by molar-refractivity contribution is -0.123. The van der Waals surface area contributed by atoms with Gasteiger partial charge in [0.2, 0.25) is 0 Å². The van der Waals surface area contributed by atoms with Crippen molar-refractivity contribution in [2.75, 3.05) is 0 Å². The molecule has 0 saturated carbocycles. The normalized spacial score (nSPS) is 24.9. The van der Waals surface area contributed by atoms with Crippen molar-refractivity contribution in [3.63, 3.8) is 0 Å². The molecule has 3 amide bonds. The van der Waals surface area contributed by atoms with E-state index in [-0.39, 0.29) is 17.9 Å². The van der Waals surface area contributed by atoms with Gasteiger partial charge in [0.15, 0.2) is 0 Å². The first-order valence-electron chi connectivity index (χ1n) is 5.35. The third-order valence-corrected chi connectivity index (χ3v) is 3.28. The lowest BCUT2D eigenvalue weighted by Gasteiger charge is -2.17. The van der Waals surface area contributed by atoms with Crippen molar-refractivity contribution >= 4 is 17.9 Å². The average molecular weight is 247 g/mol. The fourth-order valence-corrected chi connectivity index (χ4v) is 2.42. The van der Waals surface area contributed by atoms with E-state index in [4.69, 9.17) is 5.11 Å². The number of hydrogen-bond acceptors (Lipinski definition) is 4. The molecule has 1 spiro atoms. The zero-order valence-corrected chi connectivity index (χ0v) is 9.19. The summed E-state index contributed by atoms with van der Waals surface area (Å²) in [5.74, 6) is -1.45. The Kier molecular flexibility index (Phi) is 1.95. The number of rotatable bonds is 1. The highest BCUT2D eigenvalue weighted by Gasteiger charge is 2.50. The van der Waals surface area contributed by atoms with Crippen molar-refractivity contribution in [3.05, 3.63) is 29.1 Å². The van der Waals surface area contributed by atoms with Gasteiger partial charge < -0.3 is 10.4 Å². The van der Waals surface area contributed by atoms with Crippen LogP contribution in [0.2, 0.25) is 0 Å². The minimum Gasteiger partial charge on any atom is -0.478 e. The fourth-order valence-electron chi connectivity index (χ4n) is 2.42. The summed E-state index contributed by atoms with van der Waals surface area (Å²) in [5.41, 5.74) is 0.420. The number of carboxylic acid groups (broad SMARTS) is 1. The molecule has 2 heterocycles. The van der Waals surface area contributed by atoms with E-state index in [1.165, 1.54) is 12.3 Å². The van der Waals surface area contributed by atoms with E-state index in [0.29, 0.717) is 17.7 Å². The van der Waals surface area contributed by atoms with Crippen LogP contribution in [0.1, 0.15) is 21.6 Å². The first-order chi connectivity index (χ1) is 8.50. The topological polar surface area (TPSA) is 108 Å². The predicted molar refractivity (Wildman–Crippen MR) is 58.0 cm³/mol. The number of hydrogen-bond donors (Lipinski definition) is 3. The van der Waals surface area contributed by atoms with Gasteiger partial charge in [-0.2, -0.15) is 0 Å². The number of imide groups is 1. The van der Waals surface area contributed by atoms with Crippen molar-refractivity contribution < 1.29 is 19.5 Å². The first-order valence-corrected chi connectivity index (χ1v) is 5.35. The molecule has 1 atom stereocenters. The van der Waals surface area contributed by atoms with Crippen LogP contribution in [-0.2, 0) is 17.6 Å². The largest absolute Gasteiger partial charge is 0.478 e. The number of carbonyl (C=O) groups is 3. The molecular formula is C11H9N3O4. The van der Waals surface area contributed by atoms with E-state index in [1.54, 1.807) is 0 Å². The van der Waals surface area contributed by atoms with Crippen LogP contribution in [-0.4, -0.2) is 33.5 Å². The number of carboxylic acids is 1. The molecule has 0 radical (unpaired) electrons. The van der Waals surface area contributed by atoms with E-state index in [2.05, 4.69) is 15.6 Å². The molecule has 18 heavy (non-hydrogen) atoms. The van der Waals surface area contributed by atoms with Crippen molar-refractivity contribution in [2.45, 2.75) is 18.4 Å². The van der Waals surface area contributed by atoms with E-state index in [0.717, 1.165) is 0 Å².